The number of nitrogens with zero attached hydrogens (tertiary/aromatic N) is 2. The van der Waals surface area contributed by atoms with E-state index < -0.39 is 5.41 Å². The molecule has 0 amide bonds. The van der Waals surface area contributed by atoms with Crippen LogP contribution in [0, 0.1) is 0 Å². The molecule has 2 aliphatic rings. The van der Waals surface area contributed by atoms with Crippen LogP contribution in [-0.4, -0.2) is 9.55 Å². The second-order valence-corrected chi connectivity index (χ2v) is 15.1. The molecule has 2 heteroatoms. The van der Waals surface area contributed by atoms with Gasteiger partial charge in [-0.25, -0.2) is 4.98 Å². The van der Waals surface area contributed by atoms with Crippen molar-refractivity contribution in [2.24, 2.45) is 0 Å². The van der Waals surface area contributed by atoms with Crippen molar-refractivity contribution in [2.45, 2.75) is 5.41 Å². The third-order valence-corrected chi connectivity index (χ3v) is 12.2. The number of hydrogen-bond acceptors (Lipinski definition) is 1. The smallest absolute Gasteiger partial charge is 0.145 e. The topological polar surface area (TPSA) is 17.8 Å². The Kier molecular flexibility index (Phi) is 6.58. The molecule has 0 atom stereocenters. The van der Waals surface area contributed by atoms with Crippen LogP contribution >= 0.6 is 0 Å². The summed E-state index contributed by atoms with van der Waals surface area (Å²) in [5.74, 6) is 0.943. The minimum absolute atomic E-state index is 0.443. The van der Waals surface area contributed by atoms with Crippen molar-refractivity contribution < 1.29 is 0 Å². The van der Waals surface area contributed by atoms with E-state index in [1.165, 1.54) is 77.5 Å². The second-order valence-electron chi connectivity index (χ2n) is 15.1. The van der Waals surface area contributed by atoms with Crippen molar-refractivity contribution in [1.29, 1.82) is 0 Å². The first kappa shape index (κ1) is 31.1. The van der Waals surface area contributed by atoms with E-state index in [9.17, 15) is 0 Å². The van der Waals surface area contributed by atoms with Gasteiger partial charge < -0.3 is 0 Å². The van der Waals surface area contributed by atoms with E-state index in [1.54, 1.807) is 0 Å². The van der Waals surface area contributed by atoms with Gasteiger partial charge in [-0.05, 0) is 120 Å². The molecule has 0 saturated heterocycles. The molecule has 56 heavy (non-hydrogen) atoms. The lowest BCUT2D eigenvalue weighted by molar-refractivity contribution is 0.794. The third-order valence-electron chi connectivity index (χ3n) is 12.2. The molecule has 1 heterocycles. The van der Waals surface area contributed by atoms with Crippen LogP contribution < -0.4 is 0 Å². The predicted molar refractivity (Wildman–Crippen MR) is 231 cm³/mol. The van der Waals surface area contributed by atoms with Crippen LogP contribution in [-0.2, 0) is 5.41 Å². The highest BCUT2D eigenvalue weighted by molar-refractivity contribution is 5.97. The Hall–Kier alpha value is -7.29. The molecule has 2 nitrogen and oxygen atoms in total. The first-order valence-corrected chi connectivity index (χ1v) is 19.4. The average Bonchev–Trinajstić information content (AvgIpc) is 3.91. The normalized spacial score (nSPS) is 13.1. The van der Waals surface area contributed by atoms with Gasteiger partial charge in [-0.3, -0.25) is 4.57 Å². The highest BCUT2D eigenvalue weighted by Crippen LogP contribution is 2.63. The SMILES string of the molecule is c1ccc(-c2nc3ccccc3n2-c2ccc(-c3ccc4c(c3)C3(c5ccccc5-c5ccccc53)c3cc(-c5ccc6ccccc6c5)ccc3-4)cc2)cc1. The maximum atomic E-state index is 5.08. The summed E-state index contributed by atoms with van der Waals surface area (Å²) in [6, 6.07) is 75.8. The average molecular weight is 711 g/mol. The van der Waals surface area contributed by atoms with Gasteiger partial charge in [0.15, 0.2) is 0 Å². The van der Waals surface area contributed by atoms with Crippen LogP contribution in [0.25, 0.3) is 83.4 Å². The van der Waals surface area contributed by atoms with Crippen LogP contribution in [0.2, 0.25) is 0 Å². The zero-order valence-corrected chi connectivity index (χ0v) is 30.5. The number of aromatic nitrogens is 2. The molecule has 0 N–H and O–H groups in total. The minimum atomic E-state index is -0.443. The highest BCUT2D eigenvalue weighted by Gasteiger charge is 2.51. The van der Waals surface area contributed by atoms with Gasteiger partial charge in [-0.15, -0.1) is 0 Å². The van der Waals surface area contributed by atoms with Crippen molar-refractivity contribution in [3.63, 3.8) is 0 Å². The Bertz CT molecular complexity index is 3140. The standard InChI is InChI=1S/C54H34N2/c1-2-13-37(14-3-1)53-55-51-20-10-11-21-52(51)56(53)42-28-24-36(25-29-42)40-26-30-45-46-31-27-41(39-23-22-35-12-4-5-15-38(35)32-39)34-50(46)54(49(45)33-40)47-18-8-6-16-43(47)44-17-7-9-19-48(44)54/h1-34H. The monoisotopic (exact) mass is 710 g/mol. The van der Waals surface area contributed by atoms with E-state index in [0.717, 1.165) is 28.1 Å². The summed E-state index contributed by atoms with van der Waals surface area (Å²) in [4.78, 5) is 5.08. The Morgan fingerprint density at radius 1 is 0.339 bits per heavy atom. The molecule has 0 radical (unpaired) electrons. The Morgan fingerprint density at radius 2 is 0.857 bits per heavy atom. The molecule has 1 spiro atoms. The molecule has 0 aliphatic heterocycles. The second kappa shape index (κ2) is 11.9. The molecule has 0 bridgehead atoms. The lowest BCUT2D eigenvalue weighted by atomic mass is 9.70. The van der Waals surface area contributed by atoms with Crippen LogP contribution in [0.3, 0.4) is 0 Å². The first-order valence-electron chi connectivity index (χ1n) is 19.4. The molecule has 10 aromatic rings. The number of imidazole rings is 1. The Balaban J connectivity index is 1.04. The van der Waals surface area contributed by atoms with Gasteiger partial charge in [0, 0.05) is 11.3 Å². The van der Waals surface area contributed by atoms with Crippen molar-refractivity contribution >= 4 is 21.8 Å². The fourth-order valence-electron chi connectivity index (χ4n) is 9.74. The van der Waals surface area contributed by atoms with E-state index in [0.29, 0.717) is 0 Å². The van der Waals surface area contributed by atoms with E-state index >= 15 is 0 Å². The zero-order chi connectivity index (χ0) is 36.8. The number of hydrogen-bond donors (Lipinski definition) is 0. The van der Waals surface area contributed by atoms with E-state index in [2.05, 4.69) is 211 Å². The zero-order valence-electron chi connectivity index (χ0n) is 30.5. The summed E-state index contributed by atoms with van der Waals surface area (Å²) in [7, 11) is 0. The van der Waals surface area contributed by atoms with Crippen LogP contribution in [0.1, 0.15) is 22.3 Å². The van der Waals surface area contributed by atoms with Gasteiger partial charge in [0.25, 0.3) is 0 Å². The summed E-state index contributed by atoms with van der Waals surface area (Å²) >= 11 is 0. The molecular formula is C54H34N2. The Morgan fingerprint density at radius 3 is 1.57 bits per heavy atom. The number of rotatable bonds is 4. The molecule has 1 aromatic heterocycles. The molecule has 12 rings (SSSR count). The van der Waals surface area contributed by atoms with Gasteiger partial charge in [0.05, 0.1) is 16.4 Å². The highest BCUT2D eigenvalue weighted by atomic mass is 15.1. The molecule has 9 aromatic carbocycles. The maximum absolute atomic E-state index is 5.08. The molecule has 260 valence electrons. The minimum Gasteiger partial charge on any atom is -0.292 e. The van der Waals surface area contributed by atoms with Crippen LogP contribution in [0.15, 0.2) is 206 Å². The van der Waals surface area contributed by atoms with Crippen molar-refractivity contribution in [2.75, 3.05) is 0 Å². The Labute approximate surface area is 325 Å². The van der Waals surface area contributed by atoms with Crippen molar-refractivity contribution in [3.05, 3.63) is 229 Å². The fourth-order valence-corrected chi connectivity index (χ4v) is 9.74. The lowest BCUT2D eigenvalue weighted by Gasteiger charge is -2.31. The lowest BCUT2D eigenvalue weighted by Crippen LogP contribution is -2.26. The largest absolute Gasteiger partial charge is 0.292 e. The van der Waals surface area contributed by atoms with Gasteiger partial charge in [-0.2, -0.15) is 0 Å². The maximum Gasteiger partial charge on any atom is 0.145 e. The van der Waals surface area contributed by atoms with Gasteiger partial charge in [-0.1, -0.05) is 164 Å². The van der Waals surface area contributed by atoms with E-state index in [-0.39, 0.29) is 0 Å². The number of para-hydroxylation sites is 2. The van der Waals surface area contributed by atoms with Crippen molar-refractivity contribution in [1.82, 2.24) is 9.55 Å². The summed E-state index contributed by atoms with van der Waals surface area (Å²) < 4.78 is 2.28. The van der Waals surface area contributed by atoms with Crippen molar-refractivity contribution in [3.8, 4) is 61.6 Å². The summed E-state index contributed by atoms with van der Waals surface area (Å²) in [5.41, 5.74) is 19.3. The van der Waals surface area contributed by atoms with Gasteiger partial charge in [0.2, 0.25) is 0 Å². The predicted octanol–water partition coefficient (Wildman–Crippen LogP) is 13.5. The van der Waals surface area contributed by atoms with Gasteiger partial charge in [0.1, 0.15) is 5.82 Å². The van der Waals surface area contributed by atoms with E-state index in [1.807, 2.05) is 0 Å². The molecule has 0 fully saturated rings. The molecular weight excluding hydrogens is 677 g/mol. The summed E-state index contributed by atoms with van der Waals surface area (Å²) in [6.07, 6.45) is 0. The van der Waals surface area contributed by atoms with E-state index in [4.69, 9.17) is 4.98 Å². The summed E-state index contributed by atoms with van der Waals surface area (Å²) in [5, 5.41) is 2.52. The quantitative estimate of drug-likeness (QED) is 0.178. The number of fused-ring (bicyclic) bond motifs is 12. The summed E-state index contributed by atoms with van der Waals surface area (Å²) in [6.45, 7) is 0. The van der Waals surface area contributed by atoms with Gasteiger partial charge >= 0.3 is 0 Å². The third kappa shape index (κ3) is 4.35. The molecule has 2 aliphatic carbocycles. The fraction of sp³-hybridized carbons (Fsp3) is 0.0185. The number of benzene rings is 9. The van der Waals surface area contributed by atoms with Crippen LogP contribution in [0.4, 0.5) is 0 Å². The molecule has 0 unspecified atom stereocenters. The first-order chi connectivity index (χ1) is 27.8. The molecule has 0 saturated carbocycles. The van der Waals surface area contributed by atoms with Crippen LogP contribution in [0.5, 0.6) is 0 Å².